The normalized spacial score (nSPS) is 28.4. The molecule has 1 saturated heterocycles. The summed E-state index contributed by atoms with van der Waals surface area (Å²) in [5.74, 6) is 0.0672. The average molecular weight is 462 g/mol. The van der Waals surface area contributed by atoms with E-state index in [4.69, 9.17) is 0 Å². The van der Waals surface area contributed by atoms with Gasteiger partial charge in [-0.05, 0) is 69.2 Å². The van der Waals surface area contributed by atoms with Crippen LogP contribution in [0.1, 0.15) is 64.9 Å². The Labute approximate surface area is 191 Å². The van der Waals surface area contributed by atoms with Crippen molar-refractivity contribution in [2.45, 2.75) is 75.6 Å². The number of likely N-dealkylation sites (N-methyl/N-ethyl adjacent to an activating group) is 1. The molecule has 2 heterocycles. The van der Waals surface area contributed by atoms with Crippen LogP contribution < -0.4 is 10.2 Å². The summed E-state index contributed by atoms with van der Waals surface area (Å²) in [7, 11) is -2.04. The molecule has 1 aromatic rings. The van der Waals surface area contributed by atoms with E-state index in [1.165, 1.54) is 10.7 Å². The minimum Gasteiger partial charge on any atom is -0.353 e. The van der Waals surface area contributed by atoms with Gasteiger partial charge in [0.05, 0.1) is 16.2 Å². The number of carbonyl (C=O) groups excluding carboxylic acids is 2. The van der Waals surface area contributed by atoms with Crippen LogP contribution in [0, 0.1) is 11.8 Å². The smallest absolute Gasteiger partial charge is 0.243 e. The lowest BCUT2D eigenvalue weighted by atomic mass is 9.85. The van der Waals surface area contributed by atoms with Gasteiger partial charge in [-0.2, -0.15) is 4.31 Å². The predicted octanol–water partition coefficient (Wildman–Crippen LogP) is 3.04. The lowest BCUT2D eigenvalue weighted by molar-refractivity contribution is -0.127. The van der Waals surface area contributed by atoms with Gasteiger partial charge in [0.25, 0.3) is 0 Å². The Hall–Kier alpha value is -1.93. The molecule has 176 valence electrons. The van der Waals surface area contributed by atoms with E-state index in [0.717, 1.165) is 30.5 Å². The van der Waals surface area contributed by atoms with Crippen molar-refractivity contribution in [1.29, 1.82) is 0 Å². The highest BCUT2D eigenvalue weighted by Gasteiger charge is 2.43. The van der Waals surface area contributed by atoms with E-state index in [-0.39, 0.29) is 35.2 Å². The van der Waals surface area contributed by atoms with E-state index in [9.17, 15) is 18.0 Å². The van der Waals surface area contributed by atoms with Crippen LogP contribution in [0.2, 0.25) is 0 Å². The van der Waals surface area contributed by atoms with Crippen LogP contribution in [-0.2, 0) is 25.0 Å². The quantitative estimate of drug-likeness (QED) is 0.747. The molecule has 0 radical (unpaired) electrons. The van der Waals surface area contributed by atoms with Crippen LogP contribution in [0.3, 0.4) is 0 Å². The summed E-state index contributed by atoms with van der Waals surface area (Å²) >= 11 is 0. The van der Waals surface area contributed by atoms with Gasteiger partial charge >= 0.3 is 0 Å². The van der Waals surface area contributed by atoms with Gasteiger partial charge in [-0.25, -0.2) is 8.42 Å². The predicted molar refractivity (Wildman–Crippen MR) is 124 cm³/mol. The van der Waals surface area contributed by atoms with E-state index in [0.29, 0.717) is 25.3 Å². The molecule has 2 amide bonds. The van der Waals surface area contributed by atoms with Gasteiger partial charge in [-0.1, -0.05) is 19.8 Å². The number of fused-ring (bicyclic) bond motifs is 1. The van der Waals surface area contributed by atoms with Crippen molar-refractivity contribution in [3.63, 3.8) is 0 Å². The number of sulfonamides is 1. The summed E-state index contributed by atoms with van der Waals surface area (Å²) in [6.07, 6.45) is 5.83. The molecule has 1 saturated carbocycles. The van der Waals surface area contributed by atoms with Crippen LogP contribution in [0.15, 0.2) is 23.1 Å². The van der Waals surface area contributed by atoms with Gasteiger partial charge in [0.2, 0.25) is 21.8 Å². The zero-order valence-electron chi connectivity index (χ0n) is 19.6. The molecule has 0 aromatic heterocycles. The number of nitrogens with zero attached hydrogens (tertiary/aromatic N) is 2. The molecule has 8 heteroatoms. The number of benzene rings is 1. The molecule has 1 N–H and O–H groups in total. The monoisotopic (exact) mass is 461 g/mol. The van der Waals surface area contributed by atoms with Crippen molar-refractivity contribution in [1.82, 2.24) is 9.62 Å². The van der Waals surface area contributed by atoms with Crippen LogP contribution in [0.4, 0.5) is 5.69 Å². The molecule has 0 unspecified atom stereocenters. The third kappa shape index (κ3) is 3.96. The molecule has 2 fully saturated rings. The molecule has 0 spiro atoms. The summed E-state index contributed by atoms with van der Waals surface area (Å²) in [6, 6.07) is 5.12. The van der Waals surface area contributed by atoms with E-state index in [1.807, 2.05) is 13.8 Å². The van der Waals surface area contributed by atoms with Gasteiger partial charge < -0.3 is 10.2 Å². The number of anilines is 1. The van der Waals surface area contributed by atoms with Crippen LogP contribution >= 0.6 is 0 Å². The fourth-order valence-electron chi connectivity index (χ4n) is 5.47. The molecule has 2 aliphatic heterocycles. The fraction of sp³-hybridized carbons (Fsp3) is 0.667. The van der Waals surface area contributed by atoms with E-state index in [2.05, 4.69) is 12.2 Å². The van der Waals surface area contributed by atoms with Crippen LogP contribution in [0.25, 0.3) is 0 Å². The third-order valence-corrected chi connectivity index (χ3v) is 9.53. The Morgan fingerprint density at radius 3 is 2.56 bits per heavy atom. The number of hydrogen-bond acceptors (Lipinski definition) is 4. The van der Waals surface area contributed by atoms with Crippen molar-refractivity contribution in [3.8, 4) is 0 Å². The number of nitrogens with one attached hydrogen (secondary N) is 1. The van der Waals surface area contributed by atoms with E-state index < -0.39 is 15.4 Å². The van der Waals surface area contributed by atoms with Crippen molar-refractivity contribution in [2.24, 2.45) is 11.8 Å². The second kappa shape index (κ2) is 8.45. The molecule has 3 atom stereocenters. The molecule has 4 rings (SSSR count). The summed E-state index contributed by atoms with van der Waals surface area (Å²) < 4.78 is 28.4. The molecular weight excluding hydrogens is 426 g/mol. The molecule has 7 nitrogen and oxygen atoms in total. The number of rotatable bonds is 4. The summed E-state index contributed by atoms with van der Waals surface area (Å²) in [6.45, 7) is 6.43. The number of hydrogen-bond donors (Lipinski definition) is 1. The van der Waals surface area contributed by atoms with Crippen LogP contribution in [0.5, 0.6) is 0 Å². The Kier molecular flexibility index (Phi) is 6.13. The summed E-state index contributed by atoms with van der Waals surface area (Å²) in [5, 5.41) is 3.20. The van der Waals surface area contributed by atoms with Gasteiger partial charge in [0, 0.05) is 31.9 Å². The second-order valence-corrected chi connectivity index (χ2v) is 12.2. The third-order valence-electron chi connectivity index (χ3n) is 7.67. The molecule has 1 aliphatic carbocycles. The molecular formula is C24H35N3O4S. The average Bonchev–Trinajstić information content (AvgIpc) is 2.95. The SMILES string of the molecule is C[C@@H]1CCCC[C@@H]1NC(=O)[C@@H]1CCCN(S(=O)(=O)c2ccc3c(c2)C(C)(C)C(=O)N3C)C1. The zero-order chi connectivity index (χ0) is 23.3. The highest BCUT2D eigenvalue weighted by atomic mass is 32.2. The number of amides is 2. The Morgan fingerprint density at radius 1 is 1.12 bits per heavy atom. The van der Waals surface area contributed by atoms with Crippen molar-refractivity contribution < 1.29 is 18.0 Å². The van der Waals surface area contributed by atoms with Gasteiger partial charge in [-0.15, -0.1) is 0 Å². The van der Waals surface area contributed by atoms with Crippen molar-refractivity contribution >= 4 is 27.5 Å². The van der Waals surface area contributed by atoms with Crippen LogP contribution in [-0.4, -0.2) is 50.7 Å². The lowest BCUT2D eigenvalue weighted by Crippen LogP contribution is -2.49. The maximum absolute atomic E-state index is 13.5. The molecule has 0 bridgehead atoms. The largest absolute Gasteiger partial charge is 0.353 e. The highest BCUT2D eigenvalue weighted by molar-refractivity contribution is 7.89. The van der Waals surface area contributed by atoms with E-state index in [1.54, 1.807) is 30.1 Å². The van der Waals surface area contributed by atoms with Crippen molar-refractivity contribution in [2.75, 3.05) is 25.0 Å². The highest BCUT2D eigenvalue weighted by Crippen LogP contribution is 2.42. The summed E-state index contributed by atoms with van der Waals surface area (Å²) in [4.78, 5) is 27.3. The van der Waals surface area contributed by atoms with Crippen molar-refractivity contribution in [3.05, 3.63) is 23.8 Å². The minimum atomic E-state index is -3.76. The first kappa shape index (κ1) is 23.2. The summed E-state index contributed by atoms with van der Waals surface area (Å²) in [5.41, 5.74) is 0.705. The topological polar surface area (TPSA) is 86.8 Å². The maximum Gasteiger partial charge on any atom is 0.243 e. The van der Waals surface area contributed by atoms with Gasteiger partial charge in [-0.3, -0.25) is 9.59 Å². The molecule has 3 aliphatic rings. The first-order valence-corrected chi connectivity index (χ1v) is 13.2. The standard InChI is InChI=1S/C24H35N3O4S/c1-16-8-5-6-10-20(16)25-22(28)17-9-7-13-27(15-17)32(30,31)18-11-12-21-19(14-18)24(2,3)23(29)26(21)4/h11-12,14,16-17,20H,5-10,13,15H2,1-4H3,(H,25,28)/t16-,17-,20+/m1/s1. The Balaban J connectivity index is 1.52. The minimum absolute atomic E-state index is 0.0223. The molecule has 32 heavy (non-hydrogen) atoms. The first-order valence-electron chi connectivity index (χ1n) is 11.8. The molecule has 1 aromatic carbocycles. The van der Waals surface area contributed by atoms with Gasteiger partial charge in [0.1, 0.15) is 0 Å². The Morgan fingerprint density at radius 2 is 1.84 bits per heavy atom. The Bertz CT molecular complexity index is 1020. The fourth-order valence-corrected chi connectivity index (χ4v) is 7.02. The lowest BCUT2D eigenvalue weighted by Gasteiger charge is -2.34. The van der Waals surface area contributed by atoms with E-state index >= 15 is 0 Å². The second-order valence-electron chi connectivity index (χ2n) is 10.2. The zero-order valence-corrected chi connectivity index (χ0v) is 20.4. The van der Waals surface area contributed by atoms with Gasteiger partial charge in [0.15, 0.2) is 0 Å². The first-order chi connectivity index (χ1) is 15.0. The number of piperidine rings is 1. The maximum atomic E-state index is 13.5. The number of carbonyl (C=O) groups is 2.